The van der Waals surface area contributed by atoms with Gasteiger partial charge in [-0.05, 0) is 12.1 Å². The van der Waals surface area contributed by atoms with Gasteiger partial charge in [-0.15, -0.1) is 10.2 Å². The van der Waals surface area contributed by atoms with Crippen LogP contribution >= 0.6 is 0 Å². The van der Waals surface area contributed by atoms with Gasteiger partial charge in [-0.2, -0.15) is 0 Å². The molecule has 25 heavy (non-hydrogen) atoms. The van der Waals surface area contributed by atoms with Gasteiger partial charge >= 0.3 is 0 Å². The molecule has 3 aromatic heterocycles. The summed E-state index contributed by atoms with van der Waals surface area (Å²) in [6, 6.07) is 5.66. The Hall–Kier alpha value is -3.36. The summed E-state index contributed by atoms with van der Waals surface area (Å²) in [4.78, 5) is 31.3. The van der Waals surface area contributed by atoms with E-state index in [-0.39, 0.29) is 30.5 Å². The number of hydrogen-bond donors (Lipinski definition) is 2. The highest BCUT2D eigenvalue weighted by Crippen LogP contribution is 2.02. The van der Waals surface area contributed by atoms with Gasteiger partial charge in [-0.25, -0.2) is 4.98 Å². The van der Waals surface area contributed by atoms with E-state index >= 15 is 0 Å². The number of carbonyl (C=O) groups excluding carboxylic acids is 2. The normalized spacial score (nSPS) is 10.6. The molecular weight excluding hydrogens is 322 g/mol. The fourth-order valence-corrected chi connectivity index (χ4v) is 2.26. The van der Waals surface area contributed by atoms with Crippen molar-refractivity contribution in [2.24, 2.45) is 0 Å². The molecule has 0 aliphatic rings. The van der Waals surface area contributed by atoms with Crippen molar-refractivity contribution in [3.63, 3.8) is 0 Å². The van der Waals surface area contributed by atoms with E-state index < -0.39 is 0 Å². The van der Waals surface area contributed by atoms with Crippen LogP contribution in [0.2, 0.25) is 0 Å². The minimum Gasteiger partial charge on any atom is -0.356 e. The lowest BCUT2D eigenvalue weighted by atomic mass is 10.3. The third-order valence-electron chi connectivity index (χ3n) is 3.49. The maximum atomic E-state index is 11.8. The van der Waals surface area contributed by atoms with Crippen LogP contribution in [-0.4, -0.2) is 49.5 Å². The summed E-state index contributed by atoms with van der Waals surface area (Å²) < 4.78 is 1.88. The summed E-state index contributed by atoms with van der Waals surface area (Å²) in [6.07, 6.45) is 6.95. The molecule has 0 unspecified atom stereocenters. The topological polar surface area (TPSA) is 114 Å². The summed E-state index contributed by atoms with van der Waals surface area (Å²) in [5.74, 6) is 0.288. The summed E-state index contributed by atoms with van der Waals surface area (Å²) >= 11 is 0. The van der Waals surface area contributed by atoms with Crippen LogP contribution in [0.1, 0.15) is 22.7 Å². The number of aromatic nitrogens is 5. The van der Waals surface area contributed by atoms with Crippen LogP contribution in [-0.2, 0) is 11.2 Å². The monoisotopic (exact) mass is 339 g/mol. The van der Waals surface area contributed by atoms with E-state index in [9.17, 15) is 9.59 Å². The molecule has 0 spiro atoms. The minimum absolute atomic E-state index is 0.145. The van der Waals surface area contributed by atoms with Crippen molar-refractivity contribution in [1.82, 2.24) is 35.2 Å². The van der Waals surface area contributed by atoms with Gasteiger partial charge in [0.25, 0.3) is 5.91 Å². The van der Waals surface area contributed by atoms with E-state index in [0.29, 0.717) is 13.0 Å². The standard InChI is InChI=1S/C16H17N7O2/c24-15(5-7-20-16(25)12-11-17-8-9-18-12)19-6-4-14-22-21-13-3-1-2-10-23(13)14/h1-3,8-11H,4-7H2,(H,19,24)(H,20,25). The van der Waals surface area contributed by atoms with E-state index in [4.69, 9.17) is 0 Å². The molecule has 0 radical (unpaired) electrons. The zero-order valence-corrected chi connectivity index (χ0v) is 13.4. The number of amides is 2. The van der Waals surface area contributed by atoms with Gasteiger partial charge in [0, 0.05) is 44.5 Å². The summed E-state index contributed by atoms with van der Waals surface area (Å²) in [7, 11) is 0. The van der Waals surface area contributed by atoms with Crippen LogP contribution in [0.15, 0.2) is 43.0 Å². The predicted octanol–water partition coefficient (Wildman–Crippen LogP) is -0.00190. The van der Waals surface area contributed by atoms with E-state index in [1.165, 1.54) is 18.6 Å². The Labute approximate surface area is 143 Å². The van der Waals surface area contributed by atoms with E-state index in [0.717, 1.165) is 11.5 Å². The molecule has 9 nitrogen and oxygen atoms in total. The molecule has 2 N–H and O–H groups in total. The summed E-state index contributed by atoms with van der Waals surface area (Å²) in [6.45, 7) is 0.682. The van der Waals surface area contributed by atoms with Gasteiger partial charge in [0.1, 0.15) is 11.5 Å². The molecule has 0 aliphatic carbocycles. The first-order valence-electron chi connectivity index (χ1n) is 7.83. The molecule has 3 aromatic rings. The lowest BCUT2D eigenvalue weighted by Gasteiger charge is -2.06. The maximum Gasteiger partial charge on any atom is 0.271 e. The Balaban J connectivity index is 1.38. The van der Waals surface area contributed by atoms with Gasteiger partial charge in [0.2, 0.25) is 5.91 Å². The first kappa shape index (κ1) is 16.5. The number of hydrogen-bond acceptors (Lipinski definition) is 6. The van der Waals surface area contributed by atoms with Crippen molar-refractivity contribution < 1.29 is 9.59 Å². The van der Waals surface area contributed by atoms with Crippen LogP contribution in [0.5, 0.6) is 0 Å². The highest BCUT2D eigenvalue weighted by atomic mass is 16.2. The molecule has 0 atom stereocenters. The van der Waals surface area contributed by atoms with Gasteiger partial charge < -0.3 is 10.6 Å². The maximum absolute atomic E-state index is 11.8. The van der Waals surface area contributed by atoms with Gasteiger partial charge in [-0.3, -0.25) is 19.0 Å². The van der Waals surface area contributed by atoms with Crippen molar-refractivity contribution >= 4 is 17.5 Å². The smallest absolute Gasteiger partial charge is 0.271 e. The quantitative estimate of drug-likeness (QED) is 0.626. The van der Waals surface area contributed by atoms with Crippen LogP contribution < -0.4 is 10.6 Å². The van der Waals surface area contributed by atoms with Gasteiger partial charge in [0.15, 0.2) is 5.65 Å². The second kappa shape index (κ2) is 7.95. The van der Waals surface area contributed by atoms with Crippen molar-refractivity contribution in [2.75, 3.05) is 13.1 Å². The van der Waals surface area contributed by atoms with E-state index in [1.807, 2.05) is 28.8 Å². The highest BCUT2D eigenvalue weighted by molar-refractivity contribution is 5.92. The number of nitrogens with one attached hydrogen (secondary N) is 2. The molecule has 0 saturated carbocycles. The fourth-order valence-electron chi connectivity index (χ4n) is 2.26. The lowest BCUT2D eigenvalue weighted by molar-refractivity contribution is -0.120. The molecule has 0 bridgehead atoms. The predicted molar refractivity (Wildman–Crippen MR) is 88.7 cm³/mol. The zero-order chi connectivity index (χ0) is 17.5. The Bertz CT molecular complexity index is 863. The Kier molecular flexibility index (Phi) is 5.25. The summed E-state index contributed by atoms with van der Waals surface area (Å²) in [5.41, 5.74) is 0.997. The third-order valence-corrected chi connectivity index (χ3v) is 3.49. The van der Waals surface area contributed by atoms with Crippen LogP contribution in [0.4, 0.5) is 0 Å². The molecule has 0 fully saturated rings. The van der Waals surface area contributed by atoms with Gasteiger partial charge in [0.05, 0.1) is 6.20 Å². The van der Waals surface area contributed by atoms with Crippen molar-refractivity contribution in [2.45, 2.75) is 12.8 Å². The number of carbonyl (C=O) groups is 2. The number of nitrogens with zero attached hydrogens (tertiary/aromatic N) is 5. The number of pyridine rings is 1. The van der Waals surface area contributed by atoms with Gasteiger partial charge in [-0.1, -0.05) is 6.07 Å². The molecule has 3 heterocycles. The molecule has 9 heteroatoms. The van der Waals surface area contributed by atoms with Crippen molar-refractivity contribution in [3.8, 4) is 0 Å². The second-order valence-corrected chi connectivity index (χ2v) is 5.24. The molecule has 3 rings (SSSR count). The molecule has 0 aromatic carbocycles. The molecular formula is C16H17N7O2. The fraction of sp³-hybridized carbons (Fsp3) is 0.250. The molecule has 2 amide bonds. The first-order chi connectivity index (χ1) is 12.2. The lowest BCUT2D eigenvalue weighted by Crippen LogP contribution is -2.32. The Morgan fingerprint density at radius 2 is 2.00 bits per heavy atom. The average Bonchev–Trinajstić information content (AvgIpc) is 3.06. The summed E-state index contributed by atoms with van der Waals surface area (Å²) in [5, 5.41) is 13.6. The highest BCUT2D eigenvalue weighted by Gasteiger charge is 2.08. The van der Waals surface area contributed by atoms with Crippen LogP contribution in [0.25, 0.3) is 5.65 Å². The zero-order valence-electron chi connectivity index (χ0n) is 13.4. The van der Waals surface area contributed by atoms with Crippen molar-refractivity contribution in [3.05, 3.63) is 54.5 Å². The average molecular weight is 339 g/mol. The molecule has 0 saturated heterocycles. The first-order valence-corrected chi connectivity index (χ1v) is 7.83. The number of rotatable bonds is 7. The van der Waals surface area contributed by atoms with Crippen LogP contribution in [0, 0.1) is 0 Å². The largest absolute Gasteiger partial charge is 0.356 e. The Morgan fingerprint density at radius 1 is 1.08 bits per heavy atom. The molecule has 0 aliphatic heterocycles. The van der Waals surface area contributed by atoms with E-state index in [1.54, 1.807) is 0 Å². The Morgan fingerprint density at radius 3 is 2.84 bits per heavy atom. The SMILES string of the molecule is O=C(CCNC(=O)c1cnccn1)NCCc1nnc2ccccn12. The van der Waals surface area contributed by atoms with Crippen molar-refractivity contribution in [1.29, 1.82) is 0 Å². The van der Waals surface area contributed by atoms with E-state index in [2.05, 4.69) is 30.8 Å². The minimum atomic E-state index is -0.351. The third kappa shape index (κ3) is 4.34. The molecule has 128 valence electrons. The second-order valence-electron chi connectivity index (χ2n) is 5.24. The number of fused-ring (bicyclic) bond motifs is 1. The van der Waals surface area contributed by atoms with Crippen LogP contribution in [0.3, 0.4) is 0 Å².